The zero-order chi connectivity index (χ0) is 16.8. The van der Waals surface area contributed by atoms with E-state index in [1.165, 1.54) is 0 Å². The summed E-state index contributed by atoms with van der Waals surface area (Å²) < 4.78 is 1.73. The Hall–Kier alpha value is -1.89. The molecule has 2 amide bonds. The zero-order valence-corrected chi connectivity index (χ0v) is 14.3. The Balaban J connectivity index is 1.91. The number of likely N-dealkylation sites (tertiary alicyclic amines) is 1. The van der Waals surface area contributed by atoms with Crippen molar-refractivity contribution in [3.05, 3.63) is 18.0 Å². The van der Waals surface area contributed by atoms with E-state index >= 15 is 0 Å². The minimum Gasteiger partial charge on any atom is -0.352 e. The normalized spacial score (nSPS) is 18.8. The van der Waals surface area contributed by atoms with Gasteiger partial charge in [0.15, 0.2) is 0 Å². The third-order valence-corrected chi connectivity index (χ3v) is 4.08. The molecule has 0 spiro atoms. The molecule has 2 heterocycles. The van der Waals surface area contributed by atoms with E-state index in [-0.39, 0.29) is 17.9 Å². The summed E-state index contributed by atoms with van der Waals surface area (Å²) in [5.74, 6) is 0.0773. The van der Waals surface area contributed by atoms with Gasteiger partial charge >= 0.3 is 0 Å². The third-order valence-electron chi connectivity index (χ3n) is 4.08. The Morgan fingerprint density at radius 1 is 1.35 bits per heavy atom. The van der Waals surface area contributed by atoms with Crippen LogP contribution < -0.4 is 5.32 Å². The lowest BCUT2D eigenvalue weighted by Crippen LogP contribution is -2.41. The van der Waals surface area contributed by atoms with E-state index in [1.54, 1.807) is 16.9 Å². The number of carbonyl (C=O) groups is 2. The highest BCUT2D eigenvalue weighted by atomic mass is 16.2. The molecular formula is C16H27N5O2. The molecule has 128 valence electrons. The average Bonchev–Trinajstić information content (AvgIpc) is 2.85. The van der Waals surface area contributed by atoms with Crippen molar-refractivity contribution in [1.29, 1.82) is 0 Å². The van der Waals surface area contributed by atoms with Gasteiger partial charge in [0.1, 0.15) is 5.69 Å². The molecule has 7 heteroatoms. The Morgan fingerprint density at radius 3 is 2.83 bits per heavy atom. The molecule has 2 rings (SSSR count). The van der Waals surface area contributed by atoms with Gasteiger partial charge in [-0.05, 0) is 46.3 Å². The number of rotatable bonds is 5. The first-order valence-corrected chi connectivity index (χ1v) is 8.26. The van der Waals surface area contributed by atoms with E-state index in [9.17, 15) is 9.59 Å². The van der Waals surface area contributed by atoms with Crippen LogP contribution in [0.3, 0.4) is 0 Å². The molecule has 0 bridgehead atoms. The molecule has 1 aliphatic rings. The van der Waals surface area contributed by atoms with Gasteiger partial charge in [0, 0.05) is 31.9 Å². The number of nitrogens with one attached hydrogen (secondary N) is 1. The second-order valence-corrected chi connectivity index (χ2v) is 6.26. The predicted octanol–water partition coefficient (Wildman–Crippen LogP) is 0.576. The van der Waals surface area contributed by atoms with Gasteiger partial charge in [-0.25, -0.2) is 0 Å². The minimum atomic E-state index is 0.0321. The van der Waals surface area contributed by atoms with Crippen molar-refractivity contribution < 1.29 is 9.59 Å². The molecule has 0 saturated carbocycles. The Labute approximate surface area is 137 Å². The fraction of sp³-hybridized carbons (Fsp3) is 0.688. The van der Waals surface area contributed by atoms with Crippen LogP contribution in [0, 0.1) is 0 Å². The predicted molar refractivity (Wildman–Crippen MR) is 88.1 cm³/mol. The van der Waals surface area contributed by atoms with Crippen molar-refractivity contribution in [3.8, 4) is 0 Å². The maximum absolute atomic E-state index is 12.6. The molecule has 1 N–H and O–H groups in total. The topological polar surface area (TPSA) is 70.5 Å². The second kappa shape index (κ2) is 8.10. The number of aryl methyl sites for hydroxylation is 1. The van der Waals surface area contributed by atoms with Gasteiger partial charge in [0.2, 0.25) is 5.91 Å². The molecule has 23 heavy (non-hydrogen) atoms. The van der Waals surface area contributed by atoms with Crippen LogP contribution in [0.1, 0.15) is 36.7 Å². The van der Waals surface area contributed by atoms with E-state index in [1.807, 2.05) is 30.8 Å². The number of hydrogen-bond acceptors (Lipinski definition) is 4. The van der Waals surface area contributed by atoms with Gasteiger partial charge in [-0.15, -0.1) is 0 Å². The SMILES string of the molecule is CCn1nccc1C(=O)N1CCC[C@H](NC(=O)CN(C)C)CC1. The molecule has 1 aromatic heterocycles. The van der Waals surface area contributed by atoms with Gasteiger partial charge in [-0.1, -0.05) is 0 Å². The molecule has 1 fully saturated rings. The number of likely N-dealkylation sites (N-methyl/N-ethyl adjacent to an activating group) is 1. The third kappa shape index (κ3) is 4.79. The van der Waals surface area contributed by atoms with E-state index in [0.29, 0.717) is 25.3 Å². The number of aromatic nitrogens is 2. The van der Waals surface area contributed by atoms with Gasteiger partial charge in [-0.3, -0.25) is 14.3 Å². The maximum atomic E-state index is 12.6. The first-order valence-electron chi connectivity index (χ1n) is 8.26. The number of nitrogens with zero attached hydrogens (tertiary/aromatic N) is 4. The smallest absolute Gasteiger partial charge is 0.272 e. The lowest BCUT2D eigenvalue weighted by molar-refractivity contribution is -0.122. The van der Waals surface area contributed by atoms with Crippen LogP contribution in [0.5, 0.6) is 0 Å². The fourth-order valence-corrected chi connectivity index (χ4v) is 2.93. The van der Waals surface area contributed by atoms with Gasteiger partial charge < -0.3 is 15.1 Å². The van der Waals surface area contributed by atoms with Crippen LogP contribution in [-0.4, -0.2) is 71.2 Å². The summed E-state index contributed by atoms with van der Waals surface area (Å²) in [5.41, 5.74) is 0.641. The number of amides is 2. The summed E-state index contributed by atoms with van der Waals surface area (Å²) in [4.78, 5) is 28.2. The zero-order valence-electron chi connectivity index (χ0n) is 14.3. The molecule has 0 radical (unpaired) electrons. The molecule has 1 saturated heterocycles. The highest BCUT2D eigenvalue weighted by Gasteiger charge is 2.24. The van der Waals surface area contributed by atoms with Crippen molar-refractivity contribution >= 4 is 11.8 Å². The highest BCUT2D eigenvalue weighted by Crippen LogP contribution is 2.14. The minimum absolute atomic E-state index is 0.0321. The van der Waals surface area contributed by atoms with E-state index in [0.717, 1.165) is 25.8 Å². The maximum Gasteiger partial charge on any atom is 0.272 e. The van der Waals surface area contributed by atoms with Crippen molar-refractivity contribution in [2.75, 3.05) is 33.7 Å². The second-order valence-electron chi connectivity index (χ2n) is 6.26. The summed E-state index contributed by atoms with van der Waals surface area (Å²) >= 11 is 0. The van der Waals surface area contributed by atoms with Crippen LogP contribution >= 0.6 is 0 Å². The lowest BCUT2D eigenvalue weighted by Gasteiger charge is -2.21. The molecule has 0 aromatic carbocycles. The van der Waals surface area contributed by atoms with Crippen LogP contribution in [0.25, 0.3) is 0 Å². The lowest BCUT2D eigenvalue weighted by atomic mass is 10.1. The van der Waals surface area contributed by atoms with Crippen LogP contribution in [0.15, 0.2) is 12.3 Å². The van der Waals surface area contributed by atoms with Gasteiger partial charge in [0.05, 0.1) is 6.54 Å². The average molecular weight is 321 g/mol. The quantitative estimate of drug-likeness (QED) is 0.861. The molecular weight excluding hydrogens is 294 g/mol. The number of carbonyl (C=O) groups excluding carboxylic acids is 2. The van der Waals surface area contributed by atoms with Crippen molar-refractivity contribution in [2.24, 2.45) is 0 Å². The van der Waals surface area contributed by atoms with Crippen molar-refractivity contribution in [2.45, 2.75) is 38.8 Å². The van der Waals surface area contributed by atoms with E-state index in [2.05, 4.69) is 10.4 Å². The summed E-state index contributed by atoms with van der Waals surface area (Å²) in [5, 5.41) is 7.23. The molecule has 0 unspecified atom stereocenters. The molecule has 0 aliphatic carbocycles. The van der Waals surface area contributed by atoms with E-state index in [4.69, 9.17) is 0 Å². The first-order chi connectivity index (χ1) is 11.0. The van der Waals surface area contributed by atoms with Crippen LogP contribution in [0.2, 0.25) is 0 Å². The standard InChI is InChI=1S/C16H27N5O2/c1-4-21-14(7-9-17-21)16(23)20-10-5-6-13(8-11-20)18-15(22)12-19(2)3/h7,9,13H,4-6,8,10-12H2,1-3H3,(H,18,22)/t13-/m0/s1. The van der Waals surface area contributed by atoms with Crippen LogP contribution in [0.4, 0.5) is 0 Å². The van der Waals surface area contributed by atoms with Crippen LogP contribution in [-0.2, 0) is 11.3 Å². The molecule has 7 nitrogen and oxygen atoms in total. The van der Waals surface area contributed by atoms with Gasteiger partial charge in [-0.2, -0.15) is 5.10 Å². The summed E-state index contributed by atoms with van der Waals surface area (Å²) in [6.07, 6.45) is 4.28. The number of hydrogen-bond donors (Lipinski definition) is 1. The van der Waals surface area contributed by atoms with Crippen molar-refractivity contribution in [3.63, 3.8) is 0 Å². The van der Waals surface area contributed by atoms with Crippen molar-refractivity contribution in [1.82, 2.24) is 24.9 Å². The van der Waals surface area contributed by atoms with E-state index < -0.39 is 0 Å². The van der Waals surface area contributed by atoms with Gasteiger partial charge in [0.25, 0.3) is 5.91 Å². The Morgan fingerprint density at radius 2 is 2.13 bits per heavy atom. The summed E-state index contributed by atoms with van der Waals surface area (Å²) in [6.45, 7) is 4.46. The monoisotopic (exact) mass is 321 g/mol. The molecule has 1 atom stereocenters. The largest absolute Gasteiger partial charge is 0.352 e. The first kappa shape index (κ1) is 17.5. The highest BCUT2D eigenvalue weighted by molar-refractivity contribution is 5.92. The fourth-order valence-electron chi connectivity index (χ4n) is 2.93. The summed E-state index contributed by atoms with van der Waals surface area (Å²) in [7, 11) is 3.76. The molecule has 1 aromatic rings. The Bertz CT molecular complexity index is 540. The molecule has 1 aliphatic heterocycles. The Kier molecular flexibility index (Phi) is 6.15. The summed E-state index contributed by atoms with van der Waals surface area (Å²) in [6, 6.07) is 1.92.